The molecule has 7 rings (SSSR count). The van der Waals surface area contributed by atoms with Crippen molar-refractivity contribution in [1.29, 1.82) is 0 Å². The molecular weight excluding hydrogens is 526 g/mol. The van der Waals surface area contributed by atoms with Gasteiger partial charge in [-0.1, -0.05) is 103 Å². The second-order valence-corrected chi connectivity index (χ2v) is 11.0. The van der Waals surface area contributed by atoms with E-state index < -0.39 is 0 Å². The molecule has 1 atom stereocenters. The van der Waals surface area contributed by atoms with Crippen LogP contribution in [0.15, 0.2) is 115 Å². The number of methoxy groups -OCH3 is 2. The van der Waals surface area contributed by atoms with Gasteiger partial charge in [-0.2, -0.15) is 0 Å². The van der Waals surface area contributed by atoms with E-state index >= 15 is 0 Å². The van der Waals surface area contributed by atoms with Crippen LogP contribution in [0.3, 0.4) is 0 Å². The Labute approximate surface area is 246 Å². The third-order valence-corrected chi connectivity index (χ3v) is 8.53. The van der Waals surface area contributed by atoms with E-state index in [1.165, 1.54) is 55.7 Å². The van der Waals surface area contributed by atoms with Crippen molar-refractivity contribution in [3.63, 3.8) is 0 Å². The van der Waals surface area contributed by atoms with Gasteiger partial charge < -0.3 is 9.47 Å². The van der Waals surface area contributed by atoms with Crippen molar-refractivity contribution in [1.82, 2.24) is 4.90 Å². The first kappa shape index (κ1) is 25.6. The topological polar surface area (TPSA) is 21.7 Å². The molecule has 0 spiro atoms. The second kappa shape index (κ2) is 10.6. The number of halogens is 1. The van der Waals surface area contributed by atoms with Crippen molar-refractivity contribution in [2.24, 2.45) is 0 Å². The van der Waals surface area contributed by atoms with E-state index in [0.717, 1.165) is 29.6 Å². The van der Waals surface area contributed by atoms with E-state index in [1.807, 2.05) is 12.1 Å². The Morgan fingerprint density at radius 1 is 0.659 bits per heavy atom. The highest BCUT2D eigenvalue weighted by molar-refractivity contribution is 6.30. The summed E-state index contributed by atoms with van der Waals surface area (Å²) in [5.74, 6) is 1.47. The van der Waals surface area contributed by atoms with E-state index in [1.54, 1.807) is 14.2 Å². The minimum Gasteiger partial charge on any atom is -0.493 e. The predicted octanol–water partition coefficient (Wildman–Crippen LogP) is 9.05. The van der Waals surface area contributed by atoms with Gasteiger partial charge in [0.25, 0.3) is 0 Å². The number of hydrogen-bond donors (Lipinski definition) is 0. The Bertz CT molecular complexity index is 1730. The van der Waals surface area contributed by atoms with Crippen LogP contribution >= 0.6 is 11.6 Å². The SMILES string of the molecule is COc1cc2c(cc1OC)C(=C1c3ccccc3-c3ccccc31)C(c1ccc(Cl)cc1)N(Cc1ccccc1)C2. The molecule has 1 aliphatic carbocycles. The monoisotopic (exact) mass is 555 g/mol. The molecule has 1 aliphatic heterocycles. The lowest BCUT2D eigenvalue weighted by Gasteiger charge is -2.41. The van der Waals surface area contributed by atoms with Gasteiger partial charge in [-0.25, -0.2) is 0 Å². The van der Waals surface area contributed by atoms with Crippen LogP contribution in [0.25, 0.3) is 22.3 Å². The smallest absolute Gasteiger partial charge is 0.161 e. The average molecular weight is 556 g/mol. The van der Waals surface area contributed by atoms with E-state index in [4.69, 9.17) is 21.1 Å². The molecule has 0 amide bonds. The number of hydrogen-bond acceptors (Lipinski definition) is 3. The van der Waals surface area contributed by atoms with E-state index in [0.29, 0.717) is 0 Å². The van der Waals surface area contributed by atoms with Gasteiger partial charge in [-0.15, -0.1) is 0 Å². The highest BCUT2D eigenvalue weighted by Gasteiger charge is 2.38. The third kappa shape index (κ3) is 4.42. The van der Waals surface area contributed by atoms with Gasteiger partial charge in [0, 0.05) is 18.1 Å². The lowest BCUT2D eigenvalue weighted by molar-refractivity contribution is 0.211. The van der Waals surface area contributed by atoms with Crippen LogP contribution in [0.1, 0.15) is 39.4 Å². The summed E-state index contributed by atoms with van der Waals surface area (Å²) >= 11 is 6.41. The largest absolute Gasteiger partial charge is 0.493 e. The zero-order valence-electron chi connectivity index (χ0n) is 23.1. The fraction of sp³-hybridized carbons (Fsp3) is 0.135. The van der Waals surface area contributed by atoms with Gasteiger partial charge in [0.05, 0.1) is 20.3 Å². The predicted molar refractivity (Wildman–Crippen MR) is 167 cm³/mol. The number of ether oxygens (including phenoxy) is 2. The quantitative estimate of drug-likeness (QED) is 0.212. The number of fused-ring (bicyclic) bond motifs is 4. The first-order valence-electron chi connectivity index (χ1n) is 13.9. The minimum absolute atomic E-state index is 0.0210. The number of benzene rings is 5. The summed E-state index contributed by atoms with van der Waals surface area (Å²) in [5.41, 5.74) is 12.5. The first-order chi connectivity index (χ1) is 20.2. The summed E-state index contributed by atoms with van der Waals surface area (Å²) in [4.78, 5) is 2.57. The lowest BCUT2D eigenvalue weighted by atomic mass is 9.79. The van der Waals surface area contributed by atoms with Crippen LogP contribution in [0.2, 0.25) is 5.02 Å². The Kier molecular flexibility index (Phi) is 6.62. The number of rotatable bonds is 5. The Morgan fingerprint density at radius 2 is 1.22 bits per heavy atom. The van der Waals surface area contributed by atoms with Crippen LogP contribution in [0.5, 0.6) is 11.5 Å². The molecule has 5 aromatic rings. The second-order valence-electron chi connectivity index (χ2n) is 10.6. The van der Waals surface area contributed by atoms with Crippen molar-refractivity contribution >= 4 is 22.7 Å². The molecule has 0 saturated heterocycles. The Balaban J connectivity index is 1.58. The molecule has 0 fully saturated rings. The summed E-state index contributed by atoms with van der Waals surface area (Å²) in [6.07, 6.45) is 0. The molecule has 41 heavy (non-hydrogen) atoms. The van der Waals surface area contributed by atoms with E-state index in [9.17, 15) is 0 Å². The summed E-state index contributed by atoms with van der Waals surface area (Å²) in [6.45, 7) is 1.56. The molecular formula is C37H30ClNO2. The molecule has 0 radical (unpaired) electrons. The zero-order chi connectivity index (χ0) is 27.9. The third-order valence-electron chi connectivity index (χ3n) is 8.28. The Hall–Kier alpha value is -4.31. The van der Waals surface area contributed by atoms with Gasteiger partial charge in [0.1, 0.15) is 0 Å². The average Bonchev–Trinajstić information content (AvgIpc) is 3.35. The summed E-state index contributed by atoms with van der Waals surface area (Å²) in [5, 5.41) is 0.733. The fourth-order valence-corrected chi connectivity index (χ4v) is 6.63. The first-order valence-corrected chi connectivity index (χ1v) is 14.3. The van der Waals surface area contributed by atoms with Crippen LogP contribution in [0, 0.1) is 0 Å². The molecule has 2 aliphatic rings. The van der Waals surface area contributed by atoms with Gasteiger partial charge >= 0.3 is 0 Å². The maximum Gasteiger partial charge on any atom is 0.161 e. The Morgan fingerprint density at radius 3 is 1.83 bits per heavy atom. The highest BCUT2D eigenvalue weighted by Crippen LogP contribution is 2.54. The van der Waals surface area contributed by atoms with Crippen molar-refractivity contribution in [2.45, 2.75) is 19.1 Å². The van der Waals surface area contributed by atoms with Crippen LogP contribution in [-0.4, -0.2) is 19.1 Å². The lowest BCUT2D eigenvalue weighted by Crippen LogP contribution is -2.33. The van der Waals surface area contributed by atoms with Crippen molar-refractivity contribution in [2.75, 3.05) is 14.2 Å². The van der Waals surface area contributed by atoms with Gasteiger partial charge in [0.2, 0.25) is 0 Å². The van der Waals surface area contributed by atoms with Gasteiger partial charge in [-0.05, 0) is 79.9 Å². The molecule has 5 aromatic carbocycles. The molecule has 1 heterocycles. The fourth-order valence-electron chi connectivity index (χ4n) is 6.51. The van der Waals surface area contributed by atoms with E-state index in [-0.39, 0.29) is 6.04 Å². The zero-order valence-corrected chi connectivity index (χ0v) is 23.9. The molecule has 202 valence electrons. The van der Waals surface area contributed by atoms with Crippen molar-refractivity contribution < 1.29 is 9.47 Å². The maximum atomic E-state index is 6.41. The minimum atomic E-state index is -0.0210. The normalized spacial score (nSPS) is 15.7. The van der Waals surface area contributed by atoms with Crippen LogP contribution in [0.4, 0.5) is 0 Å². The van der Waals surface area contributed by atoms with Gasteiger partial charge in [0.15, 0.2) is 11.5 Å². The molecule has 0 N–H and O–H groups in total. The molecule has 4 heteroatoms. The van der Waals surface area contributed by atoms with Gasteiger partial charge in [-0.3, -0.25) is 4.90 Å². The van der Waals surface area contributed by atoms with Crippen LogP contribution in [-0.2, 0) is 13.1 Å². The summed E-state index contributed by atoms with van der Waals surface area (Å²) in [6, 6.07) is 40.9. The molecule has 3 nitrogen and oxygen atoms in total. The highest BCUT2D eigenvalue weighted by atomic mass is 35.5. The summed E-state index contributed by atoms with van der Waals surface area (Å²) in [7, 11) is 3.41. The van der Waals surface area contributed by atoms with E-state index in [2.05, 4.69) is 108 Å². The van der Waals surface area contributed by atoms with Crippen molar-refractivity contribution in [3.05, 3.63) is 154 Å². The maximum absolute atomic E-state index is 6.41. The molecule has 0 bridgehead atoms. The molecule has 0 saturated carbocycles. The standard InChI is InChI=1S/C37H30ClNO2/c1-40-33-20-26-23-39(22-24-10-4-3-5-11-24)37(25-16-18-27(38)19-17-25)36(32(26)21-34(33)41-2)35-30-14-8-6-12-28(30)29-13-7-9-15-31(29)35/h3-21,37H,22-23H2,1-2H3. The van der Waals surface area contributed by atoms with Crippen LogP contribution < -0.4 is 9.47 Å². The summed E-state index contributed by atoms with van der Waals surface area (Å²) < 4.78 is 11.6. The molecule has 0 aromatic heterocycles. The molecule has 1 unspecified atom stereocenters. The van der Waals surface area contributed by atoms with Crippen molar-refractivity contribution in [3.8, 4) is 22.6 Å². The number of nitrogens with zero attached hydrogens (tertiary/aromatic N) is 1.